The fourth-order valence-electron chi connectivity index (χ4n) is 3.65. The molecule has 0 atom stereocenters. The molecule has 0 bridgehead atoms. The van der Waals surface area contributed by atoms with Gasteiger partial charge in [0, 0.05) is 19.3 Å². The summed E-state index contributed by atoms with van der Waals surface area (Å²) in [6, 6.07) is 0. The number of hydrogen-bond acceptors (Lipinski definition) is 9. The number of hydrogen-bond donors (Lipinski definition) is 0. The maximum Gasteiger partial charge on any atom is 0.949 e. The Hall–Kier alpha value is -0.113. The Labute approximate surface area is 233 Å². The van der Waals surface area contributed by atoms with E-state index in [-0.39, 0.29) is 19.3 Å². The third-order valence-corrected chi connectivity index (χ3v) is 12.5. The maximum absolute atomic E-state index is 12.3. The van der Waals surface area contributed by atoms with Crippen LogP contribution in [0, 0.1) is 0 Å². The van der Waals surface area contributed by atoms with E-state index in [1.54, 1.807) is 0 Å². The van der Waals surface area contributed by atoms with Gasteiger partial charge in [-0.25, -0.2) is 0 Å². The summed E-state index contributed by atoms with van der Waals surface area (Å²) in [7, 11) is 0. The van der Waals surface area contributed by atoms with E-state index in [0.717, 1.165) is 96.3 Å². The summed E-state index contributed by atoms with van der Waals surface area (Å²) < 4.78 is 33.2. The molecule has 1 saturated heterocycles. The highest BCUT2D eigenvalue weighted by Gasteiger charge is 2.62. The summed E-state index contributed by atoms with van der Waals surface area (Å²) in [5.74, 6) is -1.22. The monoisotopic (exact) mass is 558 g/mol. The molecular weight excluding hydrogens is 513 g/mol. The third-order valence-electron chi connectivity index (χ3n) is 5.80. The molecule has 0 unspecified atom stereocenters. The van der Waals surface area contributed by atoms with E-state index in [4.69, 9.17) is 19.9 Å². The molecule has 1 rings (SSSR count). The van der Waals surface area contributed by atoms with Crippen molar-refractivity contribution in [3.8, 4) is 0 Å². The minimum atomic E-state index is -2.97. The standard InChI is InChI=1S/3C8H16O2.3Al.3O/c3*1-2-3-4-5-6-7-8(9)10;;;;;;/h3*2-7H2,1H3,(H,9,10);;;;;;/q;;;3*+1;;;/p-3. The highest BCUT2D eigenvalue weighted by Crippen LogP contribution is 2.16. The fourth-order valence-corrected chi connectivity index (χ4v) is 10.7. The Morgan fingerprint density at radius 3 is 0.944 bits per heavy atom. The molecule has 0 aromatic carbocycles. The van der Waals surface area contributed by atoms with Gasteiger partial charge in [0.2, 0.25) is 0 Å². The minimum Gasteiger partial charge on any atom is -0.574 e. The minimum absolute atomic E-state index is 0.272. The van der Waals surface area contributed by atoms with Gasteiger partial charge in [0.1, 0.15) is 0 Å². The first-order valence-electron chi connectivity index (χ1n) is 14.0. The topological polar surface area (TPSA) is 107 Å². The predicted molar refractivity (Wildman–Crippen MR) is 139 cm³/mol. The summed E-state index contributed by atoms with van der Waals surface area (Å²) in [6.45, 7) is 6.41. The molecule has 0 aromatic heterocycles. The van der Waals surface area contributed by atoms with Gasteiger partial charge in [-0.05, 0) is 19.3 Å². The second-order valence-electron chi connectivity index (χ2n) is 9.24. The van der Waals surface area contributed by atoms with Crippen molar-refractivity contribution in [2.45, 2.75) is 136 Å². The van der Waals surface area contributed by atoms with Gasteiger partial charge in [-0.2, -0.15) is 0 Å². The number of unbranched alkanes of at least 4 members (excludes halogenated alkanes) is 12. The molecule has 9 nitrogen and oxygen atoms in total. The molecule has 1 heterocycles. The SMILES string of the molecule is CCCCCCCC(=O)[O][Al]1[O][Al]([O]C(=O)CCCCCCC)[O][Al]([O]C(=O)CCCCCCC)[O]1. The molecule has 0 N–H and O–H groups in total. The summed E-state index contributed by atoms with van der Waals surface area (Å²) in [5, 5.41) is 0. The van der Waals surface area contributed by atoms with Crippen LogP contribution in [0.3, 0.4) is 0 Å². The normalized spacial score (nSPS) is 13.6. The smallest absolute Gasteiger partial charge is 0.574 e. The first-order valence-corrected chi connectivity index (χ1v) is 18.3. The molecule has 0 amide bonds. The molecule has 0 radical (unpaired) electrons. The van der Waals surface area contributed by atoms with E-state index < -0.39 is 63.4 Å². The molecule has 204 valence electrons. The van der Waals surface area contributed by atoms with Crippen LogP contribution in [0.2, 0.25) is 0 Å². The van der Waals surface area contributed by atoms with Gasteiger partial charge < -0.3 is 19.9 Å². The molecule has 0 aromatic rings. The van der Waals surface area contributed by atoms with E-state index in [0.29, 0.717) is 0 Å². The Balaban J connectivity index is 2.54. The van der Waals surface area contributed by atoms with Crippen molar-refractivity contribution in [2.24, 2.45) is 0 Å². The Morgan fingerprint density at radius 2 is 0.694 bits per heavy atom. The average molecular weight is 559 g/mol. The summed E-state index contributed by atoms with van der Waals surface area (Å²) in [6.07, 6.45) is 16.0. The van der Waals surface area contributed by atoms with Gasteiger partial charge in [-0.3, -0.25) is 14.4 Å². The van der Waals surface area contributed by atoms with Crippen LogP contribution >= 0.6 is 0 Å². The van der Waals surface area contributed by atoms with Crippen LogP contribution in [0.25, 0.3) is 0 Å². The first-order chi connectivity index (χ1) is 17.5. The number of rotatable bonds is 21. The zero-order chi connectivity index (χ0) is 26.4. The second-order valence-corrected chi connectivity index (χ2v) is 14.9. The van der Waals surface area contributed by atoms with Gasteiger partial charge in [0.15, 0.2) is 0 Å². The van der Waals surface area contributed by atoms with Crippen LogP contribution in [0.4, 0.5) is 0 Å². The van der Waals surface area contributed by atoms with E-state index in [9.17, 15) is 14.4 Å². The van der Waals surface area contributed by atoms with Crippen molar-refractivity contribution < 1.29 is 34.3 Å². The molecule has 1 aliphatic heterocycles. The quantitative estimate of drug-likeness (QED) is 0.129. The molecule has 0 saturated carbocycles. The lowest BCUT2D eigenvalue weighted by Gasteiger charge is -2.26. The fraction of sp³-hybridized carbons (Fsp3) is 0.875. The van der Waals surface area contributed by atoms with Gasteiger partial charge in [0.25, 0.3) is 17.9 Å². The summed E-state index contributed by atoms with van der Waals surface area (Å²) in [4.78, 5) is 36.9. The van der Waals surface area contributed by atoms with Crippen LogP contribution in [0.15, 0.2) is 0 Å². The zero-order valence-electron chi connectivity index (χ0n) is 22.6. The predicted octanol–water partition coefficient (Wildman–Crippen LogP) is 5.72. The van der Waals surface area contributed by atoms with Crippen LogP contribution in [0.1, 0.15) is 136 Å². The van der Waals surface area contributed by atoms with Crippen LogP contribution in [-0.2, 0) is 34.3 Å². The van der Waals surface area contributed by atoms with Crippen LogP contribution in [-0.4, -0.2) is 63.4 Å². The molecule has 0 aliphatic carbocycles. The highest BCUT2D eigenvalue weighted by atomic mass is 27.4. The molecule has 12 heteroatoms. The lowest BCUT2D eigenvalue weighted by molar-refractivity contribution is -0.139. The largest absolute Gasteiger partial charge is 0.949 e. The summed E-state index contributed by atoms with van der Waals surface area (Å²) >= 11 is -8.92. The summed E-state index contributed by atoms with van der Waals surface area (Å²) in [5.41, 5.74) is 0. The van der Waals surface area contributed by atoms with E-state index in [1.165, 1.54) is 0 Å². The average Bonchev–Trinajstić information content (AvgIpc) is 2.83. The van der Waals surface area contributed by atoms with Crippen LogP contribution in [0.5, 0.6) is 0 Å². The van der Waals surface area contributed by atoms with E-state index in [2.05, 4.69) is 20.8 Å². The number of carbonyl (C=O) groups is 3. The van der Waals surface area contributed by atoms with Crippen molar-refractivity contribution in [3.63, 3.8) is 0 Å². The Bertz CT molecular complexity index is 523. The molecule has 0 spiro atoms. The maximum atomic E-state index is 12.3. The van der Waals surface area contributed by atoms with Crippen molar-refractivity contribution in [2.75, 3.05) is 0 Å². The van der Waals surface area contributed by atoms with E-state index >= 15 is 0 Å². The van der Waals surface area contributed by atoms with Crippen molar-refractivity contribution >= 4 is 63.4 Å². The van der Waals surface area contributed by atoms with Gasteiger partial charge in [-0.1, -0.05) is 97.8 Å². The first kappa shape index (κ1) is 33.9. The van der Waals surface area contributed by atoms with Crippen LogP contribution < -0.4 is 0 Å². The molecule has 1 fully saturated rings. The molecular formula is C24H45Al3O9. The third kappa shape index (κ3) is 18.2. The van der Waals surface area contributed by atoms with Crippen molar-refractivity contribution in [1.82, 2.24) is 0 Å². The van der Waals surface area contributed by atoms with E-state index in [1.807, 2.05) is 0 Å². The van der Waals surface area contributed by atoms with Gasteiger partial charge in [0.05, 0.1) is 0 Å². The van der Waals surface area contributed by atoms with Gasteiger partial charge >= 0.3 is 45.4 Å². The van der Waals surface area contributed by atoms with Crippen molar-refractivity contribution in [3.05, 3.63) is 0 Å². The lowest BCUT2D eigenvalue weighted by atomic mass is 10.1. The zero-order valence-corrected chi connectivity index (χ0v) is 26.1. The Kier molecular flexibility index (Phi) is 21.5. The lowest BCUT2D eigenvalue weighted by Crippen LogP contribution is -2.54. The highest BCUT2D eigenvalue weighted by molar-refractivity contribution is 6.68. The van der Waals surface area contributed by atoms with Crippen molar-refractivity contribution in [1.29, 1.82) is 0 Å². The van der Waals surface area contributed by atoms with Gasteiger partial charge in [-0.15, -0.1) is 0 Å². The molecule has 36 heavy (non-hydrogen) atoms. The molecule has 1 aliphatic rings. The second kappa shape index (κ2) is 22.8. The Morgan fingerprint density at radius 1 is 0.444 bits per heavy atom. The number of carbonyl (C=O) groups excluding carboxylic acids is 3.